The summed E-state index contributed by atoms with van der Waals surface area (Å²) in [6.07, 6.45) is 0. The van der Waals surface area contributed by atoms with E-state index in [9.17, 15) is 18.5 Å². The molecular weight excluding hydrogens is 332 g/mol. The molecule has 0 aromatic heterocycles. The van der Waals surface area contributed by atoms with Gasteiger partial charge in [0.2, 0.25) is 10.0 Å². The first-order valence-corrected chi connectivity index (χ1v) is 8.54. The Morgan fingerprint density at radius 3 is 2.50 bits per heavy atom. The molecule has 0 saturated heterocycles. The van der Waals surface area contributed by atoms with Gasteiger partial charge >= 0.3 is 0 Å². The number of benzene rings is 2. The zero-order valence-corrected chi connectivity index (χ0v) is 14.1. The summed E-state index contributed by atoms with van der Waals surface area (Å²) in [6.45, 7) is 0.358. The lowest BCUT2D eigenvalue weighted by Gasteiger charge is -2.14. The molecule has 0 radical (unpaired) electrons. The van der Waals surface area contributed by atoms with E-state index in [0.29, 0.717) is 6.54 Å². The Bertz CT molecular complexity index is 866. The van der Waals surface area contributed by atoms with E-state index in [0.717, 1.165) is 17.3 Å². The summed E-state index contributed by atoms with van der Waals surface area (Å²) in [5.41, 5.74) is 1.83. The molecular formula is C15H18N4O4S. The SMILES string of the molecule is CN(C)c1cccc(CNc2ccc(S(N)(=O)=O)cc2[N+](=O)[O-])c1. The smallest absolute Gasteiger partial charge is 0.293 e. The maximum atomic E-state index is 11.3. The highest BCUT2D eigenvalue weighted by Crippen LogP contribution is 2.27. The Morgan fingerprint density at radius 1 is 1.21 bits per heavy atom. The molecule has 0 aliphatic carbocycles. The van der Waals surface area contributed by atoms with Crippen LogP contribution >= 0.6 is 0 Å². The second-order valence-corrected chi connectivity index (χ2v) is 6.96. The maximum Gasteiger partial charge on any atom is 0.293 e. The van der Waals surface area contributed by atoms with Crippen LogP contribution in [0.25, 0.3) is 0 Å². The first-order valence-electron chi connectivity index (χ1n) is 7.00. The number of nitro benzene ring substituents is 1. The number of primary sulfonamides is 1. The third-order valence-electron chi connectivity index (χ3n) is 3.40. The zero-order valence-electron chi connectivity index (χ0n) is 13.3. The molecule has 0 saturated carbocycles. The molecule has 2 aromatic carbocycles. The molecule has 0 aliphatic heterocycles. The first kappa shape index (κ1) is 17.7. The lowest BCUT2D eigenvalue weighted by Crippen LogP contribution is -2.13. The van der Waals surface area contributed by atoms with E-state index in [-0.39, 0.29) is 16.3 Å². The van der Waals surface area contributed by atoms with E-state index < -0.39 is 14.9 Å². The molecule has 8 nitrogen and oxygen atoms in total. The van der Waals surface area contributed by atoms with Crippen LogP contribution in [0.2, 0.25) is 0 Å². The van der Waals surface area contributed by atoms with E-state index in [2.05, 4.69) is 5.32 Å². The topological polar surface area (TPSA) is 119 Å². The third kappa shape index (κ3) is 4.21. The van der Waals surface area contributed by atoms with Crippen molar-refractivity contribution < 1.29 is 13.3 Å². The number of rotatable bonds is 6. The van der Waals surface area contributed by atoms with Crippen LogP contribution in [0.1, 0.15) is 5.56 Å². The molecule has 2 rings (SSSR count). The van der Waals surface area contributed by atoms with Gasteiger partial charge in [-0.25, -0.2) is 13.6 Å². The molecule has 3 N–H and O–H groups in total. The van der Waals surface area contributed by atoms with Crippen LogP contribution in [-0.4, -0.2) is 27.4 Å². The van der Waals surface area contributed by atoms with E-state index >= 15 is 0 Å². The van der Waals surface area contributed by atoms with Crippen LogP contribution < -0.4 is 15.4 Å². The Balaban J connectivity index is 2.27. The molecule has 0 atom stereocenters. The van der Waals surface area contributed by atoms with Gasteiger partial charge in [0.05, 0.1) is 9.82 Å². The van der Waals surface area contributed by atoms with Crippen LogP contribution in [0.15, 0.2) is 47.4 Å². The number of sulfonamides is 1. The molecule has 9 heteroatoms. The normalized spacial score (nSPS) is 11.1. The molecule has 24 heavy (non-hydrogen) atoms. The van der Waals surface area contributed by atoms with Gasteiger partial charge in [-0.1, -0.05) is 12.1 Å². The molecule has 128 valence electrons. The van der Waals surface area contributed by atoms with Crippen molar-refractivity contribution in [1.29, 1.82) is 0 Å². The highest BCUT2D eigenvalue weighted by Gasteiger charge is 2.18. The van der Waals surface area contributed by atoms with Crippen LogP contribution in [0, 0.1) is 10.1 Å². The number of nitrogens with one attached hydrogen (secondary N) is 1. The third-order valence-corrected chi connectivity index (χ3v) is 4.32. The van der Waals surface area contributed by atoms with Crippen LogP contribution in [0.3, 0.4) is 0 Å². The van der Waals surface area contributed by atoms with E-state index in [1.165, 1.54) is 12.1 Å². The largest absolute Gasteiger partial charge is 0.378 e. The fourth-order valence-corrected chi connectivity index (χ4v) is 2.66. The maximum absolute atomic E-state index is 11.3. The minimum absolute atomic E-state index is 0.225. The van der Waals surface area contributed by atoms with Crippen LogP contribution in [-0.2, 0) is 16.6 Å². The predicted molar refractivity (Wildman–Crippen MR) is 92.6 cm³/mol. The summed E-state index contributed by atoms with van der Waals surface area (Å²) in [7, 11) is -0.156. The number of nitrogens with two attached hydrogens (primary N) is 1. The van der Waals surface area contributed by atoms with Crippen molar-refractivity contribution >= 4 is 27.1 Å². The first-order chi connectivity index (χ1) is 11.2. The van der Waals surface area contributed by atoms with Gasteiger partial charge in [0.15, 0.2) is 0 Å². The van der Waals surface area contributed by atoms with Gasteiger partial charge in [-0.2, -0.15) is 0 Å². The molecule has 0 spiro atoms. The highest BCUT2D eigenvalue weighted by atomic mass is 32.2. The quantitative estimate of drug-likeness (QED) is 0.607. The molecule has 2 aromatic rings. The molecule has 0 heterocycles. The number of nitro groups is 1. The highest BCUT2D eigenvalue weighted by molar-refractivity contribution is 7.89. The van der Waals surface area contributed by atoms with Crippen molar-refractivity contribution in [3.05, 3.63) is 58.1 Å². The summed E-state index contributed by atoms with van der Waals surface area (Å²) in [5.74, 6) is 0. The van der Waals surface area contributed by atoms with E-state index in [4.69, 9.17) is 5.14 Å². The van der Waals surface area contributed by atoms with Gasteiger partial charge in [-0.05, 0) is 29.8 Å². The lowest BCUT2D eigenvalue weighted by molar-refractivity contribution is -0.384. The summed E-state index contributed by atoms with van der Waals surface area (Å²) >= 11 is 0. The van der Waals surface area contributed by atoms with Crippen molar-refractivity contribution in [1.82, 2.24) is 0 Å². The second-order valence-electron chi connectivity index (χ2n) is 5.40. The molecule has 0 bridgehead atoms. The number of hydrogen-bond acceptors (Lipinski definition) is 6. The molecule has 0 amide bonds. The van der Waals surface area contributed by atoms with Gasteiger partial charge in [0, 0.05) is 32.4 Å². The van der Waals surface area contributed by atoms with Gasteiger partial charge in [0.25, 0.3) is 5.69 Å². The lowest BCUT2D eigenvalue weighted by atomic mass is 10.2. The minimum atomic E-state index is -4.00. The van der Waals surface area contributed by atoms with Gasteiger partial charge in [0.1, 0.15) is 5.69 Å². The average molecular weight is 350 g/mol. The minimum Gasteiger partial charge on any atom is -0.378 e. The summed E-state index contributed by atoms with van der Waals surface area (Å²) in [4.78, 5) is 12.2. The van der Waals surface area contributed by atoms with Crippen LogP contribution in [0.5, 0.6) is 0 Å². The van der Waals surface area contributed by atoms with Gasteiger partial charge in [-0.15, -0.1) is 0 Å². The predicted octanol–water partition coefficient (Wildman–Crippen LogP) is 1.92. The Hall–Kier alpha value is -2.65. The number of hydrogen-bond donors (Lipinski definition) is 2. The van der Waals surface area contributed by atoms with Gasteiger partial charge < -0.3 is 10.2 Å². The fourth-order valence-electron chi connectivity index (χ4n) is 2.13. The standard InChI is InChI=1S/C15H18N4O4S/c1-18(2)12-5-3-4-11(8-12)10-17-14-7-6-13(24(16,22)23)9-15(14)19(20)21/h3-9,17H,10H2,1-2H3,(H2,16,22,23). The zero-order chi connectivity index (χ0) is 17.9. The molecule has 0 unspecified atom stereocenters. The monoisotopic (exact) mass is 350 g/mol. The Morgan fingerprint density at radius 2 is 1.92 bits per heavy atom. The average Bonchev–Trinajstić information content (AvgIpc) is 2.52. The van der Waals surface area contributed by atoms with Gasteiger partial charge in [-0.3, -0.25) is 10.1 Å². The van der Waals surface area contributed by atoms with Crippen molar-refractivity contribution in [2.75, 3.05) is 24.3 Å². The van der Waals surface area contributed by atoms with E-state index in [1.54, 1.807) is 0 Å². The Labute approximate surface area is 140 Å². The number of anilines is 2. The number of nitrogens with zero attached hydrogens (tertiary/aromatic N) is 2. The molecule has 0 aliphatic rings. The van der Waals surface area contributed by atoms with E-state index in [1.807, 2.05) is 43.3 Å². The summed E-state index contributed by atoms with van der Waals surface area (Å²) in [6, 6.07) is 11.2. The van der Waals surface area contributed by atoms with Crippen molar-refractivity contribution in [2.24, 2.45) is 5.14 Å². The summed E-state index contributed by atoms with van der Waals surface area (Å²) < 4.78 is 22.7. The summed E-state index contributed by atoms with van der Waals surface area (Å²) in [5, 5.41) is 19.1. The molecule has 0 fully saturated rings. The fraction of sp³-hybridized carbons (Fsp3) is 0.200. The second kappa shape index (κ2) is 6.85. The van der Waals surface area contributed by atoms with Crippen LogP contribution in [0.4, 0.5) is 17.1 Å². The Kier molecular flexibility index (Phi) is 5.05. The van der Waals surface area contributed by atoms with Crippen molar-refractivity contribution in [2.45, 2.75) is 11.4 Å². The van der Waals surface area contributed by atoms with Crippen molar-refractivity contribution in [3.63, 3.8) is 0 Å². The van der Waals surface area contributed by atoms with Crippen molar-refractivity contribution in [3.8, 4) is 0 Å².